The zero-order chi connectivity index (χ0) is 14.8. The van der Waals surface area contributed by atoms with Crippen LogP contribution in [-0.2, 0) is 10.2 Å². The van der Waals surface area contributed by atoms with Gasteiger partial charge in [-0.05, 0) is 42.2 Å². The third-order valence-corrected chi connectivity index (χ3v) is 5.22. The van der Waals surface area contributed by atoms with Crippen molar-refractivity contribution in [1.29, 1.82) is 0 Å². The van der Waals surface area contributed by atoms with Crippen molar-refractivity contribution in [2.24, 2.45) is 0 Å². The van der Waals surface area contributed by atoms with E-state index in [0.29, 0.717) is 6.42 Å². The molecule has 0 aliphatic heterocycles. The van der Waals surface area contributed by atoms with Crippen LogP contribution in [0.2, 0.25) is 0 Å². The van der Waals surface area contributed by atoms with Crippen LogP contribution < -0.4 is 0 Å². The van der Waals surface area contributed by atoms with Crippen molar-refractivity contribution >= 4 is 0 Å². The van der Waals surface area contributed by atoms with Gasteiger partial charge in [-0.15, -0.1) is 0 Å². The Hall–Kier alpha value is -0.860. The second-order valence-corrected chi connectivity index (χ2v) is 6.82. The predicted octanol–water partition coefficient (Wildman–Crippen LogP) is 4.37. The van der Waals surface area contributed by atoms with Crippen molar-refractivity contribution in [2.45, 2.75) is 70.0 Å². The SMILES string of the molecule is CCC(C)(C)c1ccc(C(O)CC2(OC)CCC2)cc1. The van der Waals surface area contributed by atoms with Gasteiger partial charge in [0.05, 0.1) is 11.7 Å². The summed E-state index contributed by atoms with van der Waals surface area (Å²) in [6, 6.07) is 8.45. The van der Waals surface area contributed by atoms with Gasteiger partial charge in [0.25, 0.3) is 0 Å². The van der Waals surface area contributed by atoms with E-state index in [1.807, 2.05) is 0 Å². The van der Waals surface area contributed by atoms with E-state index in [2.05, 4.69) is 45.0 Å². The summed E-state index contributed by atoms with van der Waals surface area (Å²) < 4.78 is 5.60. The first-order chi connectivity index (χ1) is 9.42. The van der Waals surface area contributed by atoms with Crippen LogP contribution in [-0.4, -0.2) is 17.8 Å². The van der Waals surface area contributed by atoms with E-state index in [0.717, 1.165) is 24.8 Å². The van der Waals surface area contributed by atoms with Gasteiger partial charge >= 0.3 is 0 Å². The van der Waals surface area contributed by atoms with E-state index < -0.39 is 6.10 Å². The topological polar surface area (TPSA) is 29.5 Å². The van der Waals surface area contributed by atoms with Crippen LogP contribution >= 0.6 is 0 Å². The molecule has 1 N–H and O–H groups in total. The van der Waals surface area contributed by atoms with Crippen LogP contribution in [0.4, 0.5) is 0 Å². The third kappa shape index (κ3) is 3.07. The van der Waals surface area contributed by atoms with Crippen LogP contribution in [0.15, 0.2) is 24.3 Å². The summed E-state index contributed by atoms with van der Waals surface area (Å²) in [5.41, 5.74) is 2.46. The van der Waals surface area contributed by atoms with Crippen LogP contribution in [0.5, 0.6) is 0 Å². The summed E-state index contributed by atoms with van der Waals surface area (Å²) in [5.74, 6) is 0. The lowest BCUT2D eigenvalue weighted by Crippen LogP contribution is -2.40. The van der Waals surface area contributed by atoms with Crippen LogP contribution in [0, 0.1) is 0 Å². The lowest BCUT2D eigenvalue weighted by Gasteiger charge is -2.42. The van der Waals surface area contributed by atoms with Crippen molar-refractivity contribution in [1.82, 2.24) is 0 Å². The maximum atomic E-state index is 10.4. The van der Waals surface area contributed by atoms with E-state index in [9.17, 15) is 5.11 Å². The predicted molar refractivity (Wildman–Crippen MR) is 82.9 cm³/mol. The summed E-state index contributed by atoms with van der Waals surface area (Å²) in [7, 11) is 1.76. The molecular weight excluding hydrogens is 248 g/mol. The fourth-order valence-electron chi connectivity index (χ4n) is 2.89. The summed E-state index contributed by atoms with van der Waals surface area (Å²) in [6.07, 6.45) is 4.75. The Balaban J connectivity index is 2.06. The fourth-order valence-corrected chi connectivity index (χ4v) is 2.89. The van der Waals surface area contributed by atoms with Crippen molar-refractivity contribution in [3.05, 3.63) is 35.4 Å². The lowest BCUT2D eigenvalue weighted by atomic mass is 9.75. The number of rotatable bonds is 6. The first-order valence-electron chi connectivity index (χ1n) is 7.76. The highest BCUT2D eigenvalue weighted by atomic mass is 16.5. The highest BCUT2D eigenvalue weighted by Crippen LogP contribution is 2.42. The smallest absolute Gasteiger partial charge is 0.0817 e. The van der Waals surface area contributed by atoms with Gasteiger partial charge in [-0.3, -0.25) is 0 Å². The van der Waals surface area contributed by atoms with Crippen molar-refractivity contribution in [3.8, 4) is 0 Å². The molecule has 2 rings (SSSR count). The number of aliphatic hydroxyl groups is 1. The average molecular weight is 276 g/mol. The zero-order valence-electron chi connectivity index (χ0n) is 13.3. The van der Waals surface area contributed by atoms with Gasteiger partial charge in [-0.1, -0.05) is 45.0 Å². The molecule has 1 aliphatic carbocycles. The maximum absolute atomic E-state index is 10.4. The molecule has 1 aromatic rings. The molecule has 0 spiro atoms. The van der Waals surface area contributed by atoms with Gasteiger partial charge in [-0.25, -0.2) is 0 Å². The van der Waals surface area contributed by atoms with E-state index in [4.69, 9.17) is 4.74 Å². The van der Waals surface area contributed by atoms with Gasteiger partial charge in [0.2, 0.25) is 0 Å². The average Bonchev–Trinajstić information content (AvgIpc) is 2.42. The Morgan fingerprint density at radius 1 is 1.25 bits per heavy atom. The Morgan fingerprint density at radius 3 is 2.25 bits per heavy atom. The van der Waals surface area contributed by atoms with Gasteiger partial charge in [0, 0.05) is 13.5 Å². The maximum Gasteiger partial charge on any atom is 0.0817 e. The molecule has 20 heavy (non-hydrogen) atoms. The number of methoxy groups -OCH3 is 1. The fraction of sp³-hybridized carbons (Fsp3) is 0.667. The Morgan fingerprint density at radius 2 is 1.85 bits per heavy atom. The molecule has 1 unspecified atom stereocenters. The number of hydrogen-bond acceptors (Lipinski definition) is 2. The molecule has 1 aliphatic rings. The molecule has 0 saturated heterocycles. The van der Waals surface area contributed by atoms with Crippen molar-refractivity contribution < 1.29 is 9.84 Å². The Labute approximate surface area is 123 Å². The first-order valence-corrected chi connectivity index (χ1v) is 7.76. The molecule has 0 aromatic heterocycles. The molecule has 112 valence electrons. The van der Waals surface area contributed by atoms with Crippen LogP contribution in [0.25, 0.3) is 0 Å². The molecule has 2 nitrogen and oxygen atoms in total. The molecule has 1 fully saturated rings. The number of hydrogen-bond donors (Lipinski definition) is 1. The number of benzene rings is 1. The molecular formula is C18H28O2. The third-order valence-electron chi connectivity index (χ3n) is 5.22. The second kappa shape index (κ2) is 5.87. The summed E-state index contributed by atoms with van der Waals surface area (Å²) in [4.78, 5) is 0. The van der Waals surface area contributed by atoms with Gasteiger partial charge < -0.3 is 9.84 Å². The molecule has 1 atom stereocenters. The molecule has 1 aromatic carbocycles. The van der Waals surface area contributed by atoms with Crippen molar-refractivity contribution in [2.75, 3.05) is 7.11 Å². The molecule has 0 amide bonds. The minimum Gasteiger partial charge on any atom is -0.388 e. The highest BCUT2D eigenvalue weighted by Gasteiger charge is 2.39. The Bertz CT molecular complexity index is 424. The lowest BCUT2D eigenvalue weighted by molar-refractivity contribution is -0.0999. The van der Waals surface area contributed by atoms with E-state index in [-0.39, 0.29) is 11.0 Å². The molecule has 0 heterocycles. The normalized spacial score (nSPS) is 19.4. The van der Waals surface area contributed by atoms with Gasteiger partial charge in [0.1, 0.15) is 0 Å². The summed E-state index contributed by atoms with van der Waals surface area (Å²) >= 11 is 0. The van der Waals surface area contributed by atoms with Crippen LogP contribution in [0.3, 0.4) is 0 Å². The highest BCUT2D eigenvalue weighted by molar-refractivity contribution is 5.29. The zero-order valence-corrected chi connectivity index (χ0v) is 13.3. The minimum atomic E-state index is -0.422. The van der Waals surface area contributed by atoms with Gasteiger partial charge in [-0.2, -0.15) is 0 Å². The quantitative estimate of drug-likeness (QED) is 0.836. The molecule has 0 bridgehead atoms. The second-order valence-electron chi connectivity index (χ2n) is 6.82. The van der Waals surface area contributed by atoms with E-state index >= 15 is 0 Å². The minimum absolute atomic E-state index is 0.0826. The first kappa shape index (κ1) is 15.5. The standard InChI is InChI=1S/C18H28O2/c1-5-17(2,3)15-9-7-14(8-10-15)16(19)13-18(20-4)11-6-12-18/h7-10,16,19H,5-6,11-13H2,1-4H3. The van der Waals surface area contributed by atoms with Gasteiger partial charge in [0.15, 0.2) is 0 Å². The Kier molecular flexibility index (Phi) is 4.55. The summed E-state index contributed by atoms with van der Waals surface area (Å²) in [6.45, 7) is 6.72. The largest absolute Gasteiger partial charge is 0.388 e. The number of ether oxygens (including phenoxy) is 1. The van der Waals surface area contributed by atoms with Crippen molar-refractivity contribution in [3.63, 3.8) is 0 Å². The monoisotopic (exact) mass is 276 g/mol. The molecule has 0 radical (unpaired) electrons. The molecule has 1 saturated carbocycles. The molecule has 2 heteroatoms. The summed E-state index contributed by atoms with van der Waals surface area (Å²) in [5, 5.41) is 10.4. The van der Waals surface area contributed by atoms with E-state index in [1.54, 1.807) is 7.11 Å². The van der Waals surface area contributed by atoms with E-state index in [1.165, 1.54) is 12.0 Å². The number of aliphatic hydroxyl groups excluding tert-OH is 1. The van der Waals surface area contributed by atoms with Crippen LogP contribution in [0.1, 0.15) is 70.1 Å².